The zero-order valence-electron chi connectivity index (χ0n) is 33.9. The average molecular weight is 883 g/mol. The maximum absolute atomic E-state index is 5.79. The minimum Gasteiger partial charge on any atom is -0.309 e. The topological polar surface area (TPSA) is 35.6 Å². The van der Waals surface area contributed by atoms with Crippen LogP contribution in [0.4, 0.5) is 0 Å². The van der Waals surface area contributed by atoms with Gasteiger partial charge < -0.3 is 4.57 Å². The monoisotopic (exact) mass is 882 g/mol. The quantitative estimate of drug-likeness (QED) is 0.137. The molecule has 13 rings (SSSR count). The molecule has 5 heterocycles. The van der Waals surface area contributed by atoms with E-state index in [1.54, 1.807) is 23.1 Å². The third kappa shape index (κ3) is 6.07. The molecule has 2 aliphatic rings. The SMILES string of the molecule is C=C1Sc2ccccc2CC2C=CC=CC2c2c1c1ccccc1n2-c1nc(-c2ccc3c4ccccc4n(-c4ccccc4)c3c2)nc2sc3c4ccccc4ccc3c12.SS. The summed E-state index contributed by atoms with van der Waals surface area (Å²) >= 11 is 10.0. The number of para-hydroxylation sites is 3. The molecule has 302 valence electrons. The van der Waals surface area contributed by atoms with Crippen molar-refractivity contribution in [1.82, 2.24) is 19.1 Å². The first kappa shape index (κ1) is 38.4. The Labute approximate surface area is 383 Å². The zero-order chi connectivity index (χ0) is 42.2. The molecule has 2 atom stereocenters. The first-order chi connectivity index (χ1) is 31.2. The normalized spacial score (nSPS) is 15.9. The second-order valence-electron chi connectivity index (χ2n) is 16.1. The molecule has 0 saturated heterocycles. The van der Waals surface area contributed by atoms with E-state index in [0.29, 0.717) is 5.82 Å². The molecule has 7 aromatic carbocycles. The smallest absolute Gasteiger partial charge is 0.163 e. The van der Waals surface area contributed by atoms with E-state index in [-0.39, 0.29) is 11.8 Å². The van der Waals surface area contributed by atoms with Gasteiger partial charge in [-0.1, -0.05) is 164 Å². The minimum absolute atomic E-state index is 0.0769. The highest BCUT2D eigenvalue weighted by Gasteiger charge is 2.34. The van der Waals surface area contributed by atoms with Crippen molar-refractivity contribution < 1.29 is 0 Å². The Kier molecular flexibility index (Phi) is 9.45. The lowest BCUT2D eigenvalue weighted by molar-refractivity contribution is 0.553. The number of fused-ring (bicyclic) bond motifs is 14. The van der Waals surface area contributed by atoms with Crippen LogP contribution in [0.5, 0.6) is 0 Å². The van der Waals surface area contributed by atoms with Gasteiger partial charge in [0.2, 0.25) is 0 Å². The maximum Gasteiger partial charge on any atom is 0.163 e. The van der Waals surface area contributed by atoms with Gasteiger partial charge in [0, 0.05) is 64.5 Å². The number of thioether (sulfide) groups is 1. The Balaban J connectivity index is 0.00000208. The van der Waals surface area contributed by atoms with E-state index in [1.165, 1.54) is 64.3 Å². The first-order valence-electron chi connectivity index (χ1n) is 21.0. The molecule has 1 aliphatic carbocycles. The molecular weight excluding hydrogens is 845 g/mol. The predicted octanol–water partition coefficient (Wildman–Crippen LogP) is 15.6. The molecule has 0 spiro atoms. The highest BCUT2D eigenvalue weighted by atomic mass is 33.1. The fourth-order valence-electron chi connectivity index (χ4n) is 10.1. The second-order valence-corrected chi connectivity index (χ2v) is 18.3. The standard InChI is InChI=1S/C55H36N4S2.H2S2/c1-33-49-43-23-11-13-25-46(43)59(51(49)39-20-8-6-16-35(39)31-36-17-7-14-26-48(36)60-33)54-50-44-30-27-34-15-5-9-21-40(34)52(44)61-55(50)57-53(56-54)37-28-29-42-41-22-10-12-24-45(41)58(47(42)32-37)38-18-3-2-4-19-38;1-2/h2-30,32,35,39H,1,31H2;1-2H. The van der Waals surface area contributed by atoms with Crippen LogP contribution in [0, 0.1) is 5.92 Å². The van der Waals surface area contributed by atoms with Crippen molar-refractivity contribution in [3.63, 3.8) is 0 Å². The Morgan fingerprint density at radius 1 is 0.603 bits per heavy atom. The number of benzene rings is 7. The second kappa shape index (κ2) is 15.5. The highest BCUT2D eigenvalue weighted by molar-refractivity contribution is 8.59. The van der Waals surface area contributed by atoms with E-state index >= 15 is 0 Å². The van der Waals surface area contributed by atoms with E-state index in [1.807, 2.05) is 0 Å². The summed E-state index contributed by atoms with van der Waals surface area (Å²) in [4.78, 5) is 14.6. The van der Waals surface area contributed by atoms with Crippen molar-refractivity contribution >= 4 is 115 Å². The zero-order valence-corrected chi connectivity index (χ0v) is 37.3. The molecule has 0 saturated carbocycles. The van der Waals surface area contributed by atoms with Gasteiger partial charge in [-0.2, -0.15) is 0 Å². The van der Waals surface area contributed by atoms with Gasteiger partial charge in [-0.3, -0.25) is 4.57 Å². The fourth-order valence-corrected chi connectivity index (χ4v) is 12.3. The third-order valence-corrected chi connectivity index (χ3v) is 15.0. The Hall–Kier alpha value is -6.29. The van der Waals surface area contributed by atoms with Gasteiger partial charge in [-0.15, -0.1) is 34.7 Å². The van der Waals surface area contributed by atoms with E-state index in [2.05, 4.69) is 214 Å². The molecule has 0 fully saturated rings. The lowest BCUT2D eigenvalue weighted by atomic mass is 9.80. The molecule has 11 aromatic rings. The fraction of sp³-hybridized carbons (Fsp3) is 0.0545. The summed E-state index contributed by atoms with van der Waals surface area (Å²) < 4.78 is 6.09. The Bertz CT molecular complexity index is 3700. The molecule has 0 N–H and O–H groups in total. The van der Waals surface area contributed by atoms with Gasteiger partial charge in [-0.05, 0) is 65.1 Å². The van der Waals surface area contributed by atoms with Crippen LogP contribution >= 0.6 is 46.4 Å². The lowest BCUT2D eigenvalue weighted by Crippen LogP contribution is -2.18. The van der Waals surface area contributed by atoms with Crippen LogP contribution in [-0.2, 0) is 6.42 Å². The van der Waals surface area contributed by atoms with Crippen molar-refractivity contribution in [1.29, 1.82) is 0 Å². The van der Waals surface area contributed by atoms with Crippen LogP contribution in [0.15, 0.2) is 194 Å². The lowest BCUT2D eigenvalue weighted by Gasteiger charge is -2.27. The first-order valence-corrected chi connectivity index (χ1v) is 24.3. The molecule has 0 radical (unpaired) electrons. The Morgan fingerprint density at radius 2 is 1.29 bits per heavy atom. The molecule has 1 aliphatic heterocycles. The molecule has 8 heteroatoms. The summed E-state index contributed by atoms with van der Waals surface area (Å²) in [5, 5.41) is 8.31. The summed E-state index contributed by atoms with van der Waals surface area (Å²) in [6, 6.07) is 57.0. The highest BCUT2D eigenvalue weighted by Crippen LogP contribution is 2.51. The van der Waals surface area contributed by atoms with E-state index in [0.717, 1.165) is 49.6 Å². The van der Waals surface area contributed by atoms with Gasteiger partial charge in [0.1, 0.15) is 4.83 Å². The molecule has 2 unspecified atom stereocenters. The van der Waals surface area contributed by atoms with Crippen LogP contribution in [0.25, 0.3) is 91.6 Å². The van der Waals surface area contributed by atoms with Crippen LogP contribution in [0.2, 0.25) is 0 Å². The summed E-state index contributed by atoms with van der Waals surface area (Å²) in [5.74, 6) is 1.92. The van der Waals surface area contributed by atoms with Gasteiger partial charge >= 0.3 is 0 Å². The number of nitrogens with zero attached hydrogens (tertiary/aromatic N) is 4. The maximum atomic E-state index is 5.79. The number of aromatic nitrogens is 4. The number of thiol groups is 2. The van der Waals surface area contributed by atoms with Gasteiger partial charge in [0.05, 0.1) is 21.9 Å². The predicted molar refractivity (Wildman–Crippen MR) is 277 cm³/mol. The summed E-state index contributed by atoms with van der Waals surface area (Å²) in [5.41, 5.74) is 9.29. The average Bonchev–Trinajstić information content (AvgIpc) is 4.01. The van der Waals surface area contributed by atoms with Crippen molar-refractivity contribution in [3.8, 4) is 22.9 Å². The summed E-state index contributed by atoms with van der Waals surface area (Å²) in [7, 11) is 0. The van der Waals surface area contributed by atoms with Crippen LogP contribution in [-0.4, -0.2) is 19.1 Å². The van der Waals surface area contributed by atoms with Gasteiger partial charge in [-0.25, -0.2) is 9.97 Å². The molecule has 63 heavy (non-hydrogen) atoms. The Morgan fingerprint density at radius 3 is 2.14 bits per heavy atom. The van der Waals surface area contributed by atoms with Crippen molar-refractivity contribution in [3.05, 3.63) is 205 Å². The largest absolute Gasteiger partial charge is 0.309 e. The summed E-state index contributed by atoms with van der Waals surface area (Å²) in [6.45, 7) is 4.85. The molecule has 4 aromatic heterocycles. The third-order valence-electron chi connectivity index (χ3n) is 12.8. The van der Waals surface area contributed by atoms with Crippen molar-refractivity contribution in [2.45, 2.75) is 17.2 Å². The van der Waals surface area contributed by atoms with E-state index in [4.69, 9.17) is 16.5 Å². The molecule has 0 amide bonds. The number of allylic oxidation sites excluding steroid dienone is 4. The van der Waals surface area contributed by atoms with Gasteiger partial charge in [0.25, 0.3) is 0 Å². The number of hydrogen-bond acceptors (Lipinski definition) is 6. The van der Waals surface area contributed by atoms with E-state index < -0.39 is 0 Å². The molecular formula is C55H38N4S4. The number of rotatable bonds is 3. The molecule has 4 nitrogen and oxygen atoms in total. The van der Waals surface area contributed by atoms with Crippen LogP contribution in [0.3, 0.4) is 0 Å². The molecule has 0 bridgehead atoms. The van der Waals surface area contributed by atoms with Crippen LogP contribution in [0.1, 0.15) is 22.7 Å². The number of thiophene rings is 1. The van der Waals surface area contributed by atoms with Crippen molar-refractivity contribution in [2.75, 3.05) is 0 Å². The minimum atomic E-state index is 0.0769. The summed E-state index contributed by atoms with van der Waals surface area (Å²) in [6.07, 6.45) is 10.2. The van der Waals surface area contributed by atoms with Crippen LogP contribution < -0.4 is 0 Å². The van der Waals surface area contributed by atoms with Gasteiger partial charge in [0.15, 0.2) is 11.6 Å². The number of hydrogen-bond donors (Lipinski definition) is 2. The van der Waals surface area contributed by atoms with Crippen molar-refractivity contribution in [2.24, 2.45) is 5.92 Å². The van der Waals surface area contributed by atoms with E-state index in [9.17, 15) is 0 Å².